The van der Waals surface area contributed by atoms with Gasteiger partial charge in [-0.2, -0.15) is 5.10 Å². The quantitative estimate of drug-likeness (QED) is 0.898. The molecule has 0 saturated carbocycles. The number of halogens is 3. The van der Waals surface area contributed by atoms with Crippen LogP contribution in [-0.4, -0.2) is 52.1 Å². The molecule has 0 atom stereocenters. The van der Waals surface area contributed by atoms with Crippen LogP contribution < -0.4 is 0 Å². The first-order valence-corrected chi connectivity index (χ1v) is 8.32. The highest BCUT2D eigenvalue weighted by Gasteiger charge is 2.24. The maximum Gasteiger partial charge on any atom is 0.273 e. The van der Waals surface area contributed by atoms with Crippen LogP contribution in [0.1, 0.15) is 16.1 Å². The monoisotopic (exact) mass is 372 g/mol. The summed E-state index contributed by atoms with van der Waals surface area (Å²) in [5.41, 5.74) is 1.46. The van der Waals surface area contributed by atoms with Crippen molar-refractivity contribution in [3.63, 3.8) is 0 Å². The molecule has 1 saturated heterocycles. The molecule has 5 nitrogen and oxygen atoms in total. The molecule has 2 aromatic rings. The molecular formula is C15H15Cl3N4O. The van der Waals surface area contributed by atoms with Crippen LogP contribution in [-0.2, 0) is 6.54 Å². The van der Waals surface area contributed by atoms with Gasteiger partial charge in [0.15, 0.2) is 0 Å². The first-order chi connectivity index (χ1) is 11.0. The number of H-pyrrole nitrogens is 1. The zero-order valence-electron chi connectivity index (χ0n) is 12.2. The molecule has 1 aromatic heterocycles. The van der Waals surface area contributed by atoms with E-state index in [1.807, 2.05) is 12.1 Å². The highest BCUT2D eigenvalue weighted by Crippen LogP contribution is 2.23. The molecule has 1 aromatic carbocycles. The number of nitrogens with one attached hydrogen (secondary N) is 1. The van der Waals surface area contributed by atoms with Gasteiger partial charge in [0, 0.05) is 32.7 Å². The third-order valence-corrected chi connectivity index (χ3v) is 4.88. The topological polar surface area (TPSA) is 52.2 Å². The van der Waals surface area contributed by atoms with Gasteiger partial charge < -0.3 is 4.90 Å². The van der Waals surface area contributed by atoms with Crippen molar-refractivity contribution < 1.29 is 4.79 Å². The smallest absolute Gasteiger partial charge is 0.273 e. The fourth-order valence-electron chi connectivity index (χ4n) is 2.58. The van der Waals surface area contributed by atoms with E-state index < -0.39 is 0 Å². The molecule has 0 spiro atoms. The van der Waals surface area contributed by atoms with E-state index >= 15 is 0 Å². The van der Waals surface area contributed by atoms with Crippen molar-refractivity contribution in [2.45, 2.75) is 6.54 Å². The third-order valence-electron chi connectivity index (χ3n) is 3.86. The summed E-state index contributed by atoms with van der Waals surface area (Å²) in [6.07, 6.45) is 1.44. The number of rotatable bonds is 3. The highest BCUT2D eigenvalue weighted by atomic mass is 35.5. The van der Waals surface area contributed by atoms with Crippen molar-refractivity contribution in [1.29, 1.82) is 0 Å². The van der Waals surface area contributed by atoms with Gasteiger partial charge in [0.25, 0.3) is 5.91 Å². The number of hydrogen-bond acceptors (Lipinski definition) is 3. The minimum absolute atomic E-state index is 0.110. The Morgan fingerprint density at radius 2 is 1.83 bits per heavy atom. The van der Waals surface area contributed by atoms with Gasteiger partial charge in [0.05, 0.1) is 21.3 Å². The molecule has 1 N–H and O–H groups in total. The summed E-state index contributed by atoms with van der Waals surface area (Å²) in [6, 6.07) is 5.65. The second-order valence-corrected chi connectivity index (χ2v) is 6.63. The van der Waals surface area contributed by atoms with E-state index in [1.54, 1.807) is 11.0 Å². The van der Waals surface area contributed by atoms with E-state index in [2.05, 4.69) is 15.1 Å². The van der Waals surface area contributed by atoms with E-state index in [4.69, 9.17) is 34.8 Å². The lowest BCUT2D eigenvalue weighted by Gasteiger charge is -2.34. The average Bonchev–Trinajstić information content (AvgIpc) is 2.97. The SMILES string of the molecule is O=C(c1[nH]ncc1Cl)N1CCN(Cc2ccc(Cl)c(Cl)c2)CC1. The second kappa shape index (κ2) is 7.09. The fraction of sp³-hybridized carbons (Fsp3) is 0.333. The Bertz CT molecular complexity index is 710. The standard InChI is InChI=1S/C15H15Cl3N4O/c16-11-2-1-10(7-12(11)17)9-21-3-5-22(6-4-21)15(23)14-13(18)8-19-20-14/h1-2,7-8H,3-6,9H2,(H,19,20). The van der Waals surface area contributed by atoms with Crippen LogP contribution in [0.2, 0.25) is 15.1 Å². The Labute approximate surface area is 149 Å². The normalized spacial score (nSPS) is 15.9. The van der Waals surface area contributed by atoms with Crippen molar-refractivity contribution in [3.05, 3.63) is 50.7 Å². The number of aromatic amines is 1. The summed E-state index contributed by atoms with van der Waals surface area (Å²) in [5, 5.41) is 7.91. The fourth-order valence-corrected chi connectivity index (χ4v) is 3.08. The van der Waals surface area contributed by atoms with Gasteiger partial charge in [0.2, 0.25) is 0 Å². The van der Waals surface area contributed by atoms with Crippen LogP contribution in [0.3, 0.4) is 0 Å². The third kappa shape index (κ3) is 3.80. The van der Waals surface area contributed by atoms with Gasteiger partial charge in [-0.05, 0) is 17.7 Å². The predicted octanol–water partition coefficient (Wildman–Crippen LogP) is 3.33. The lowest BCUT2D eigenvalue weighted by Crippen LogP contribution is -2.48. The van der Waals surface area contributed by atoms with Crippen molar-refractivity contribution in [3.8, 4) is 0 Å². The molecule has 23 heavy (non-hydrogen) atoms. The zero-order valence-corrected chi connectivity index (χ0v) is 14.5. The number of piperazine rings is 1. The minimum Gasteiger partial charge on any atom is -0.335 e. The number of amides is 1. The van der Waals surface area contributed by atoms with Crippen molar-refractivity contribution >= 4 is 40.7 Å². The van der Waals surface area contributed by atoms with E-state index in [9.17, 15) is 4.79 Å². The Morgan fingerprint density at radius 3 is 2.43 bits per heavy atom. The Kier molecular flexibility index (Phi) is 5.11. The highest BCUT2D eigenvalue weighted by molar-refractivity contribution is 6.42. The minimum atomic E-state index is -0.110. The number of carbonyl (C=O) groups is 1. The molecule has 3 rings (SSSR count). The van der Waals surface area contributed by atoms with Crippen LogP contribution in [0.15, 0.2) is 24.4 Å². The molecule has 1 amide bonds. The van der Waals surface area contributed by atoms with E-state index in [0.29, 0.717) is 33.9 Å². The molecular weight excluding hydrogens is 359 g/mol. The Hall–Kier alpha value is -1.27. The molecule has 1 aliphatic heterocycles. The maximum absolute atomic E-state index is 12.3. The Morgan fingerprint density at radius 1 is 1.09 bits per heavy atom. The van der Waals surface area contributed by atoms with Crippen LogP contribution in [0.5, 0.6) is 0 Å². The number of nitrogens with zero attached hydrogens (tertiary/aromatic N) is 3. The lowest BCUT2D eigenvalue weighted by atomic mass is 10.2. The lowest BCUT2D eigenvalue weighted by molar-refractivity contribution is 0.0623. The van der Waals surface area contributed by atoms with Crippen molar-refractivity contribution in [1.82, 2.24) is 20.0 Å². The molecule has 2 heterocycles. The zero-order chi connectivity index (χ0) is 16.4. The van der Waals surface area contributed by atoms with E-state index in [1.165, 1.54) is 6.20 Å². The average molecular weight is 374 g/mol. The molecule has 0 bridgehead atoms. The summed E-state index contributed by atoms with van der Waals surface area (Å²) in [5.74, 6) is -0.110. The largest absolute Gasteiger partial charge is 0.335 e. The van der Waals surface area contributed by atoms with Crippen molar-refractivity contribution in [2.75, 3.05) is 26.2 Å². The first kappa shape index (κ1) is 16.6. The number of aromatic nitrogens is 2. The van der Waals surface area contributed by atoms with E-state index in [-0.39, 0.29) is 5.91 Å². The van der Waals surface area contributed by atoms with Crippen LogP contribution in [0.4, 0.5) is 0 Å². The second-order valence-electron chi connectivity index (χ2n) is 5.41. The molecule has 0 unspecified atom stereocenters. The summed E-state index contributed by atoms with van der Waals surface area (Å²) >= 11 is 17.9. The summed E-state index contributed by atoms with van der Waals surface area (Å²) in [6.45, 7) is 3.66. The van der Waals surface area contributed by atoms with E-state index in [0.717, 1.165) is 25.2 Å². The molecule has 0 radical (unpaired) electrons. The van der Waals surface area contributed by atoms with Gasteiger partial charge in [-0.15, -0.1) is 0 Å². The first-order valence-electron chi connectivity index (χ1n) is 7.19. The summed E-state index contributed by atoms with van der Waals surface area (Å²) < 4.78 is 0. The van der Waals surface area contributed by atoms with Gasteiger partial charge in [-0.25, -0.2) is 0 Å². The molecule has 1 fully saturated rings. The Balaban J connectivity index is 1.57. The molecule has 8 heteroatoms. The van der Waals surface area contributed by atoms with Gasteiger partial charge >= 0.3 is 0 Å². The number of hydrogen-bond donors (Lipinski definition) is 1. The number of carbonyl (C=O) groups excluding carboxylic acids is 1. The molecule has 122 valence electrons. The summed E-state index contributed by atoms with van der Waals surface area (Å²) in [7, 11) is 0. The van der Waals surface area contributed by atoms with Crippen LogP contribution >= 0.6 is 34.8 Å². The van der Waals surface area contributed by atoms with Gasteiger partial charge in [0.1, 0.15) is 5.69 Å². The predicted molar refractivity (Wildman–Crippen MR) is 91.2 cm³/mol. The summed E-state index contributed by atoms with van der Waals surface area (Å²) in [4.78, 5) is 16.4. The van der Waals surface area contributed by atoms with Crippen LogP contribution in [0.25, 0.3) is 0 Å². The van der Waals surface area contributed by atoms with Crippen LogP contribution in [0, 0.1) is 0 Å². The molecule has 0 aliphatic carbocycles. The van der Waals surface area contributed by atoms with Gasteiger partial charge in [-0.3, -0.25) is 14.8 Å². The van der Waals surface area contributed by atoms with Gasteiger partial charge in [-0.1, -0.05) is 40.9 Å². The van der Waals surface area contributed by atoms with Crippen molar-refractivity contribution in [2.24, 2.45) is 0 Å². The maximum atomic E-state index is 12.3. The molecule has 1 aliphatic rings. The number of benzene rings is 1.